The van der Waals surface area contributed by atoms with Crippen LogP contribution in [0.25, 0.3) is 10.8 Å². The van der Waals surface area contributed by atoms with Gasteiger partial charge < -0.3 is 23.7 Å². The molecule has 5 nitrogen and oxygen atoms in total. The highest BCUT2D eigenvalue weighted by molar-refractivity contribution is 6.74. The van der Waals surface area contributed by atoms with Crippen LogP contribution in [-0.4, -0.2) is 41.4 Å². The van der Waals surface area contributed by atoms with E-state index in [0.717, 1.165) is 5.56 Å². The van der Waals surface area contributed by atoms with E-state index in [4.69, 9.17) is 18.6 Å². The highest BCUT2D eigenvalue weighted by Crippen LogP contribution is 2.45. The number of hydrogen-bond acceptors (Lipinski definition) is 5. The van der Waals surface area contributed by atoms with Crippen LogP contribution >= 0.6 is 0 Å². The smallest absolute Gasteiger partial charge is 0.191 e. The van der Waals surface area contributed by atoms with E-state index in [1.807, 2.05) is 12.1 Å². The van der Waals surface area contributed by atoms with E-state index in [-0.39, 0.29) is 10.8 Å². The number of methoxy groups -OCH3 is 3. The molecular weight excluding hydrogens is 360 g/mol. The number of benzene rings is 2. The lowest BCUT2D eigenvalue weighted by molar-refractivity contribution is 0.290. The molecule has 0 saturated carbocycles. The number of ether oxygens (including phenoxy) is 3. The second-order valence-corrected chi connectivity index (χ2v) is 13.0. The van der Waals surface area contributed by atoms with E-state index in [1.165, 1.54) is 0 Å². The molecule has 0 spiro atoms. The SMILES string of the molecule is COc1ccc2c(O)c(CCO[Si](C)(C)C(C)(C)C)cc(OC)c2c1OC. The molecular formula is C21H32O5Si. The van der Waals surface area contributed by atoms with E-state index < -0.39 is 8.32 Å². The van der Waals surface area contributed by atoms with Crippen LogP contribution in [0, 0.1) is 0 Å². The van der Waals surface area contributed by atoms with Crippen LogP contribution in [0.5, 0.6) is 23.0 Å². The zero-order valence-electron chi connectivity index (χ0n) is 17.7. The van der Waals surface area contributed by atoms with Crippen LogP contribution in [-0.2, 0) is 10.8 Å². The highest BCUT2D eigenvalue weighted by atomic mass is 28.4. The highest BCUT2D eigenvalue weighted by Gasteiger charge is 2.37. The van der Waals surface area contributed by atoms with E-state index >= 15 is 0 Å². The predicted octanol–water partition coefficient (Wildman–Crippen LogP) is 5.14. The van der Waals surface area contributed by atoms with Gasteiger partial charge in [-0.2, -0.15) is 0 Å². The molecule has 1 N–H and O–H groups in total. The summed E-state index contributed by atoms with van der Waals surface area (Å²) < 4.78 is 22.7. The molecule has 2 rings (SSSR count). The maximum Gasteiger partial charge on any atom is 0.191 e. The first kappa shape index (κ1) is 21.4. The summed E-state index contributed by atoms with van der Waals surface area (Å²) in [6.45, 7) is 11.7. The van der Waals surface area contributed by atoms with Crippen molar-refractivity contribution < 1.29 is 23.7 Å². The Hall–Kier alpha value is -1.92. The predicted molar refractivity (Wildman–Crippen MR) is 112 cm³/mol. The van der Waals surface area contributed by atoms with Crippen LogP contribution in [0.2, 0.25) is 18.1 Å². The molecule has 150 valence electrons. The molecule has 0 aliphatic carbocycles. The van der Waals surface area contributed by atoms with Gasteiger partial charge in [-0.1, -0.05) is 20.8 Å². The van der Waals surface area contributed by atoms with Gasteiger partial charge in [0.25, 0.3) is 0 Å². The molecule has 2 aromatic rings. The lowest BCUT2D eigenvalue weighted by atomic mass is 10.0. The third-order valence-corrected chi connectivity index (χ3v) is 10.1. The van der Waals surface area contributed by atoms with Gasteiger partial charge in [-0.15, -0.1) is 0 Å². The summed E-state index contributed by atoms with van der Waals surface area (Å²) in [4.78, 5) is 0. The van der Waals surface area contributed by atoms with Crippen molar-refractivity contribution in [1.29, 1.82) is 0 Å². The van der Waals surface area contributed by atoms with Gasteiger partial charge in [0.05, 0.1) is 26.7 Å². The third-order valence-electron chi connectivity index (χ3n) is 5.52. The van der Waals surface area contributed by atoms with Crippen molar-refractivity contribution in [2.75, 3.05) is 27.9 Å². The van der Waals surface area contributed by atoms with Crippen LogP contribution < -0.4 is 14.2 Å². The molecule has 0 unspecified atom stereocenters. The second kappa shape index (κ2) is 7.98. The Morgan fingerprint density at radius 2 is 1.59 bits per heavy atom. The molecule has 0 amide bonds. The summed E-state index contributed by atoms with van der Waals surface area (Å²) in [5.41, 5.74) is 0.797. The minimum absolute atomic E-state index is 0.153. The van der Waals surface area contributed by atoms with Gasteiger partial charge in [0.15, 0.2) is 19.8 Å². The maximum atomic E-state index is 10.8. The fourth-order valence-corrected chi connectivity index (χ4v) is 3.87. The van der Waals surface area contributed by atoms with Crippen LogP contribution in [0.3, 0.4) is 0 Å². The molecule has 0 fully saturated rings. The Kier molecular flexibility index (Phi) is 6.32. The fraction of sp³-hybridized carbons (Fsp3) is 0.524. The molecule has 0 radical (unpaired) electrons. The molecule has 0 saturated heterocycles. The Balaban J connectivity index is 2.41. The first-order chi connectivity index (χ1) is 12.6. The fourth-order valence-electron chi connectivity index (χ4n) is 2.82. The monoisotopic (exact) mass is 392 g/mol. The van der Waals surface area contributed by atoms with Crippen LogP contribution in [0.1, 0.15) is 26.3 Å². The van der Waals surface area contributed by atoms with E-state index in [9.17, 15) is 5.11 Å². The average molecular weight is 393 g/mol. The summed E-state index contributed by atoms with van der Waals surface area (Å²) in [5.74, 6) is 2.01. The zero-order valence-corrected chi connectivity index (χ0v) is 18.7. The van der Waals surface area contributed by atoms with Crippen molar-refractivity contribution in [3.05, 3.63) is 23.8 Å². The van der Waals surface area contributed by atoms with Crippen LogP contribution in [0.4, 0.5) is 0 Å². The molecule has 0 aliphatic heterocycles. The first-order valence-corrected chi connectivity index (χ1v) is 12.1. The van der Waals surface area contributed by atoms with E-state index in [1.54, 1.807) is 27.4 Å². The number of fused-ring (bicyclic) bond motifs is 1. The Labute approximate surface area is 163 Å². The van der Waals surface area contributed by atoms with Gasteiger partial charge in [0, 0.05) is 17.6 Å². The van der Waals surface area contributed by atoms with Crippen molar-refractivity contribution in [2.45, 2.75) is 45.3 Å². The molecule has 0 atom stereocenters. The molecule has 6 heteroatoms. The van der Waals surface area contributed by atoms with Crippen molar-refractivity contribution >= 4 is 19.1 Å². The van der Waals surface area contributed by atoms with Crippen molar-refractivity contribution in [2.24, 2.45) is 0 Å². The van der Waals surface area contributed by atoms with Gasteiger partial charge in [-0.25, -0.2) is 0 Å². The summed E-state index contributed by atoms with van der Waals surface area (Å²) in [6.07, 6.45) is 0.610. The van der Waals surface area contributed by atoms with Crippen molar-refractivity contribution in [1.82, 2.24) is 0 Å². The van der Waals surface area contributed by atoms with E-state index in [2.05, 4.69) is 33.9 Å². The number of phenolic OH excluding ortho intramolecular Hbond substituents is 1. The topological polar surface area (TPSA) is 57.2 Å². The minimum atomic E-state index is -1.83. The Morgan fingerprint density at radius 3 is 2.11 bits per heavy atom. The number of aromatic hydroxyl groups is 1. The Bertz CT molecular complexity index is 809. The number of hydrogen-bond donors (Lipinski definition) is 1. The average Bonchev–Trinajstić information content (AvgIpc) is 2.61. The summed E-state index contributed by atoms with van der Waals surface area (Å²) in [5, 5.41) is 12.4. The number of phenols is 1. The summed E-state index contributed by atoms with van der Waals surface area (Å²) >= 11 is 0. The lowest BCUT2D eigenvalue weighted by Gasteiger charge is -2.36. The quantitative estimate of drug-likeness (QED) is 0.662. The largest absolute Gasteiger partial charge is 0.507 e. The van der Waals surface area contributed by atoms with Gasteiger partial charge in [-0.3, -0.25) is 0 Å². The summed E-state index contributed by atoms with van der Waals surface area (Å²) in [7, 11) is 2.95. The normalized spacial score (nSPS) is 12.3. The van der Waals surface area contributed by atoms with E-state index in [0.29, 0.717) is 41.0 Å². The van der Waals surface area contributed by atoms with Gasteiger partial charge in [-0.05, 0) is 42.8 Å². The summed E-state index contributed by atoms with van der Waals surface area (Å²) in [6, 6.07) is 5.47. The second-order valence-electron chi connectivity index (χ2n) is 8.17. The third kappa shape index (κ3) is 4.17. The zero-order chi connectivity index (χ0) is 20.4. The maximum absolute atomic E-state index is 10.8. The molecule has 0 aromatic heterocycles. The number of rotatable bonds is 7. The molecule has 0 bridgehead atoms. The van der Waals surface area contributed by atoms with Crippen molar-refractivity contribution in [3.63, 3.8) is 0 Å². The molecule has 0 heterocycles. The molecule has 2 aromatic carbocycles. The molecule has 0 aliphatic rings. The standard InChI is InChI=1S/C21H32O5Si/c1-21(2,3)27(7,8)26-12-11-14-13-17(24-5)18-15(19(14)22)9-10-16(23-4)20(18)25-6/h9-10,13,22H,11-12H2,1-8H3. The van der Waals surface area contributed by atoms with Gasteiger partial charge in [0.1, 0.15) is 11.5 Å². The Morgan fingerprint density at radius 1 is 0.963 bits per heavy atom. The van der Waals surface area contributed by atoms with Gasteiger partial charge in [0.2, 0.25) is 0 Å². The lowest BCUT2D eigenvalue weighted by Crippen LogP contribution is -2.41. The van der Waals surface area contributed by atoms with Crippen molar-refractivity contribution in [3.8, 4) is 23.0 Å². The first-order valence-electron chi connectivity index (χ1n) is 9.15. The molecule has 27 heavy (non-hydrogen) atoms. The van der Waals surface area contributed by atoms with Gasteiger partial charge >= 0.3 is 0 Å². The minimum Gasteiger partial charge on any atom is -0.507 e. The van der Waals surface area contributed by atoms with Crippen LogP contribution in [0.15, 0.2) is 18.2 Å².